The highest BCUT2D eigenvalue weighted by atomic mass is 35.5. The number of alkyl halides is 1. The Hall–Kier alpha value is 0.250. The minimum absolute atomic E-state index is 0.0573. The molecule has 1 rings (SSSR count). The van der Waals surface area contributed by atoms with Crippen molar-refractivity contribution in [3.8, 4) is 0 Å². The molecule has 1 atom stereocenters. The molecule has 1 aliphatic rings. The van der Waals surface area contributed by atoms with E-state index in [1.165, 1.54) is 12.8 Å². The Labute approximate surface area is 62.0 Å². The average molecular weight is 148 g/mol. The number of nitrogens with zero attached hydrogens (tertiary/aromatic N) is 1. The first-order chi connectivity index (χ1) is 4.13. The minimum atomic E-state index is -0.0573. The predicted molar refractivity (Wildman–Crippen MR) is 40.7 cm³/mol. The highest BCUT2D eigenvalue weighted by Gasteiger charge is 2.28. The van der Waals surface area contributed by atoms with E-state index >= 15 is 0 Å². The quantitative estimate of drug-likeness (QED) is 0.375. The lowest BCUT2D eigenvalue weighted by Gasteiger charge is -2.37. The summed E-state index contributed by atoms with van der Waals surface area (Å²) in [4.78, 5) is 2.16. The van der Waals surface area contributed by atoms with E-state index in [0.29, 0.717) is 0 Å². The summed E-state index contributed by atoms with van der Waals surface area (Å²) in [5, 5.41) is 0. The second-order valence-corrected chi connectivity index (χ2v) is 3.84. The van der Waals surface area contributed by atoms with Crippen molar-refractivity contribution in [2.45, 2.75) is 31.2 Å². The smallest absolute Gasteiger partial charge is 0.0929 e. The molecule has 2 heteroatoms. The summed E-state index contributed by atoms with van der Waals surface area (Å²) >= 11 is 6.15. The van der Waals surface area contributed by atoms with Crippen LogP contribution in [0.4, 0.5) is 0 Å². The third-order valence-corrected chi connectivity index (χ3v) is 2.65. The van der Waals surface area contributed by atoms with Gasteiger partial charge in [-0.2, -0.15) is 0 Å². The maximum atomic E-state index is 6.15. The highest BCUT2D eigenvalue weighted by molar-refractivity contribution is 6.23. The summed E-state index contributed by atoms with van der Waals surface area (Å²) in [7, 11) is 2.09. The van der Waals surface area contributed by atoms with Crippen LogP contribution in [0.25, 0.3) is 0 Å². The van der Waals surface area contributed by atoms with Gasteiger partial charge in [0.25, 0.3) is 0 Å². The normalized spacial score (nSPS) is 39.0. The number of hydrogen-bond donors (Lipinski definition) is 0. The number of likely N-dealkylation sites (tertiary alicyclic amines) is 1. The van der Waals surface area contributed by atoms with Gasteiger partial charge >= 0.3 is 0 Å². The highest BCUT2D eigenvalue weighted by Crippen LogP contribution is 2.29. The molecule has 54 valence electrons. The summed E-state index contributed by atoms with van der Waals surface area (Å²) in [5.41, 5.74) is 0. The van der Waals surface area contributed by atoms with E-state index in [4.69, 9.17) is 11.6 Å². The maximum Gasteiger partial charge on any atom is 0.0929 e. The molecule has 0 saturated carbocycles. The first-order valence-electron chi connectivity index (χ1n) is 3.53. The van der Waals surface area contributed by atoms with E-state index in [0.717, 1.165) is 13.0 Å². The van der Waals surface area contributed by atoms with Gasteiger partial charge in [0.1, 0.15) is 0 Å². The average Bonchev–Trinajstić information content (AvgIpc) is 1.77. The van der Waals surface area contributed by atoms with E-state index in [1.54, 1.807) is 0 Å². The third kappa shape index (κ3) is 1.59. The monoisotopic (exact) mass is 147 g/mol. The molecule has 1 nitrogen and oxygen atoms in total. The van der Waals surface area contributed by atoms with Gasteiger partial charge in [0.2, 0.25) is 0 Å². The lowest BCUT2D eigenvalue weighted by Crippen LogP contribution is -2.42. The van der Waals surface area contributed by atoms with Crippen LogP contribution < -0.4 is 0 Å². The van der Waals surface area contributed by atoms with Crippen molar-refractivity contribution in [2.24, 2.45) is 0 Å². The summed E-state index contributed by atoms with van der Waals surface area (Å²) in [6.45, 7) is 3.24. The van der Waals surface area contributed by atoms with Crippen LogP contribution in [0.3, 0.4) is 0 Å². The molecule has 1 heterocycles. The van der Waals surface area contributed by atoms with Crippen LogP contribution in [-0.2, 0) is 0 Å². The molecule has 0 aromatic rings. The van der Waals surface area contributed by atoms with E-state index in [-0.39, 0.29) is 5.00 Å². The lowest BCUT2D eigenvalue weighted by molar-refractivity contribution is 0.165. The Balaban J connectivity index is 2.49. The number of piperidine rings is 1. The van der Waals surface area contributed by atoms with Gasteiger partial charge in [0, 0.05) is 0 Å². The van der Waals surface area contributed by atoms with Gasteiger partial charge < -0.3 is 0 Å². The zero-order valence-electron chi connectivity index (χ0n) is 6.15. The van der Waals surface area contributed by atoms with Crippen molar-refractivity contribution in [2.75, 3.05) is 13.6 Å². The Morgan fingerprint density at radius 3 is 2.44 bits per heavy atom. The van der Waals surface area contributed by atoms with E-state index in [2.05, 4.69) is 18.9 Å². The molecule has 1 fully saturated rings. The molecule has 0 amide bonds. The van der Waals surface area contributed by atoms with Crippen LogP contribution in [0.5, 0.6) is 0 Å². The summed E-state index contributed by atoms with van der Waals surface area (Å²) in [6, 6.07) is 0. The van der Waals surface area contributed by atoms with Gasteiger partial charge in [-0.25, -0.2) is 0 Å². The Bertz CT molecular complexity index is 101. The largest absolute Gasteiger partial charge is 0.288 e. The van der Waals surface area contributed by atoms with Gasteiger partial charge in [-0.05, 0) is 39.8 Å². The van der Waals surface area contributed by atoms with E-state index in [1.807, 2.05) is 0 Å². The topological polar surface area (TPSA) is 3.24 Å². The Kier molecular flexibility index (Phi) is 2.02. The fourth-order valence-electron chi connectivity index (χ4n) is 1.22. The van der Waals surface area contributed by atoms with Crippen molar-refractivity contribution in [1.29, 1.82) is 0 Å². The summed E-state index contributed by atoms with van der Waals surface area (Å²) in [5.74, 6) is 0. The second kappa shape index (κ2) is 2.47. The SMILES string of the molecule is CN1CCCCC1(C)Cl. The van der Waals surface area contributed by atoms with E-state index in [9.17, 15) is 0 Å². The summed E-state index contributed by atoms with van der Waals surface area (Å²) in [6.07, 6.45) is 3.72. The fraction of sp³-hybridized carbons (Fsp3) is 1.00. The maximum absolute atomic E-state index is 6.15. The van der Waals surface area contributed by atoms with Crippen molar-refractivity contribution >= 4 is 11.6 Å². The van der Waals surface area contributed by atoms with Gasteiger partial charge in [-0.15, -0.1) is 11.6 Å². The van der Waals surface area contributed by atoms with Gasteiger partial charge in [-0.1, -0.05) is 0 Å². The molecule has 9 heavy (non-hydrogen) atoms. The third-order valence-electron chi connectivity index (χ3n) is 2.17. The molecule has 0 bridgehead atoms. The van der Waals surface area contributed by atoms with Gasteiger partial charge in [-0.3, -0.25) is 4.90 Å². The van der Waals surface area contributed by atoms with Crippen molar-refractivity contribution < 1.29 is 0 Å². The van der Waals surface area contributed by atoms with Crippen LogP contribution in [0.15, 0.2) is 0 Å². The van der Waals surface area contributed by atoms with Crippen LogP contribution in [0.1, 0.15) is 26.2 Å². The molecule has 0 aromatic heterocycles. The zero-order chi connectivity index (χ0) is 6.91. The molecule has 0 N–H and O–H groups in total. The lowest BCUT2D eigenvalue weighted by atomic mass is 10.0. The standard InChI is InChI=1S/C7H14ClN/c1-7(8)5-3-4-6-9(7)2/h3-6H2,1-2H3. The fourth-order valence-corrected chi connectivity index (χ4v) is 1.44. The van der Waals surface area contributed by atoms with Crippen LogP contribution >= 0.6 is 11.6 Å². The molecule has 0 aromatic carbocycles. The zero-order valence-corrected chi connectivity index (χ0v) is 6.91. The first kappa shape index (κ1) is 7.36. The minimum Gasteiger partial charge on any atom is -0.288 e. The molecular weight excluding hydrogens is 134 g/mol. The molecule has 0 radical (unpaired) electrons. The van der Waals surface area contributed by atoms with Crippen molar-refractivity contribution in [1.82, 2.24) is 4.90 Å². The molecule has 0 spiro atoms. The number of halogens is 1. The molecule has 1 saturated heterocycles. The van der Waals surface area contributed by atoms with Crippen molar-refractivity contribution in [3.05, 3.63) is 0 Å². The molecule has 1 aliphatic heterocycles. The predicted octanol–water partition coefficient (Wildman–Crippen LogP) is 2.06. The Morgan fingerprint density at radius 1 is 1.44 bits per heavy atom. The second-order valence-electron chi connectivity index (χ2n) is 3.02. The molecule has 1 unspecified atom stereocenters. The van der Waals surface area contributed by atoms with Crippen molar-refractivity contribution in [3.63, 3.8) is 0 Å². The van der Waals surface area contributed by atoms with E-state index < -0.39 is 0 Å². The Morgan fingerprint density at radius 2 is 2.11 bits per heavy atom. The van der Waals surface area contributed by atoms with Crippen LogP contribution in [0, 0.1) is 0 Å². The first-order valence-corrected chi connectivity index (χ1v) is 3.91. The molecular formula is C7H14ClN. The van der Waals surface area contributed by atoms with Crippen LogP contribution in [-0.4, -0.2) is 23.5 Å². The summed E-state index contributed by atoms with van der Waals surface area (Å²) < 4.78 is 0. The van der Waals surface area contributed by atoms with Gasteiger partial charge in [0.15, 0.2) is 0 Å². The number of hydrogen-bond acceptors (Lipinski definition) is 1. The number of rotatable bonds is 0. The molecule has 0 aliphatic carbocycles. The van der Waals surface area contributed by atoms with Crippen LogP contribution in [0.2, 0.25) is 0 Å². The van der Waals surface area contributed by atoms with Gasteiger partial charge in [0.05, 0.1) is 5.00 Å².